The van der Waals surface area contributed by atoms with Gasteiger partial charge in [-0.25, -0.2) is 13.1 Å². The van der Waals surface area contributed by atoms with Crippen LogP contribution in [0.3, 0.4) is 0 Å². The van der Waals surface area contributed by atoms with Gasteiger partial charge in [0, 0.05) is 10.5 Å². The first-order valence-corrected chi connectivity index (χ1v) is 9.12. The topological polar surface area (TPSA) is 98.5 Å². The van der Waals surface area contributed by atoms with Crippen LogP contribution in [-0.4, -0.2) is 20.5 Å². The molecule has 24 heavy (non-hydrogen) atoms. The van der Waals surface area contributed by atoms with E-state index in [1.54, 1.807) is 25.1 Å². The van der Waals surface area contributed by atoms with Crippen LogP contribution in [0.5, 0.6) is 5.75 Å². The number of nitrogens with one attached hydrogen (secondary N) is 1. The molecular formula is C15H15BrN2O5S. The molecule has 0 spiro atoms. The summed E-state index contributed by atoms with van der Waals surface area (Å²) in [5.74, 6) is 0.209. The second-order valence-corrected chi connectivity index (χ2v) is 7.59. The van der Waals surface area contributed by atoms with Gasteiger partial charge in [0.1, 0.15) is 5.75 Å². The normalized spacial score (nSPS) is 12.6. The zero-order chi connectivity index (χ0) is 17.9. The van der Waals surface area contributed by atoms with Gasteiger partial charge in [-0.1, -0.05) is 28.1 Å². The Kier molecular flexibility index (Phi) is 5.58. The minimum absolute atomic E-state index is 0.209. The van der Waals surface area contributed by atoms with Crippen LogP contribution in [0.2, 0.25) is 0 Å². The smallest absolute Gasteiger partial charge is 0.293 e. The van der Waals surface area contributed by atoms with E-state index in [4.69, 9.17) is 4.74 Å². The second-order valence-electron chi connectivity index (χ2n) is 4.99. The Labute approximate surface area is 148 Å². The Morgan fingerprint density at radius 2 is 1.96 bits per heavy atom. The summed E-state index contributed by atoms with van der Waals surface area (Å²) in [7, 11) is -2.74. The van der Waals surface area contributed by atoms with Crippen LogP contribution in [0.4, 0.5) is 5.69 Å². The lowest BCUT2D eigenvalue weighted by Crippen LogP contribution is -2.27. The van der Waals surface area contributed by atoms with Crippen molar-refractivity contribution in [2.45, 2.75) is 17.9 Å². The summed E-state index contributed by atoms with van der Waals surface area (Å²) in [4.78, 5) is 10.0. The molecule has 0 saturated carbocycles. The molecule has 0 amide bonds. The Hall–Kier alpha value is -1.97. The maximum atomic E-state index is 12.6. The second kappa shape index (κ2) is 7.29. The number of halogens is 1. The van der Waals surface area contributed by atoms with E-state index < -0.39 is 31.6 Å². The number of nitrogens with zero attached hydrogens (tertiary/aromatic N) is 1. The van der Waals surface area contributed by atoms with Gasteiger partial charge < -0.3 is 4.74 Å². The molecule has 0 aromatic heterocycles. The Morgan fingerprint density at radius 3 is 2.54 bits per heavy atom. The van der Waals surface area contributed by atoms with Gasteiger partial charge in [0.2, 0.25) is 10.0 Å². The van der Waals surface area contributed by atoms with E-state index in [2.05, 4.69) is 20.7 Å². The highest BCUT2D eigenvalue weighted by Crippen LogP contribution is 2.29. The number of nitro groups is 1. The van der Waals surface area contributed by atoms with Crippen LogP contribution in [0.1, 0.15) is 18.5 Å². The number of hydrogen-bond acceptors (Lipinski definition) is 5. The average Bonchev–Trinajstić information content (AvgIpc) is 2.53. The molecule has 1 unspecified atom stereocenters. The number of methoxy groups -OCH3 is 1. The fourth-order valence-corrected chi connectivity index (χ4v) is 3.94. The summed E-state index contributed by atoms with van der Waals surface area (Å²) in [5, 5.41) is 11.2. The molecule has 0 saturated heterocycles. The molecule has 0 radical (unpaired) electrons. The van der Waals surface area contributed by atoms with Gasteiger partial charge >= 0.3 is 0 Å². The molecular weight excluding hydrogens is 400 g/mol. The molecule has 0 aliphatic heterocycles. The predicted octanol–water partition coefficient (Wildman–Crippen LogP) is 3.41. The number of sulfonamides is 1. The molecule has 1 atom stereocenters. The van der Waals surface area contributed by atoms with Gasteiger partial charge in [0.25, 0.3) is 5.69 Å². The average molecular weight is 415 g/mol. The van der Waals surface area contributed by atoms with Gasteiger partial charge in [0.15, 0.2) is 4.90 Å². The summed E-state index contributed by atoms with van der Waals surface area (Å²) in [6.07, 6.45) is 0. The maximum Gasteiger partial charge on any atom is 0.293 e. The molecule has 2 aromatic rings. The molecule has 2 rings (SSSR count). The molecule has 128 valence electrons. The maximum absolute atomic E-state index is 12.6. The Bertz CT molecular complexity index is 870. The van der Waals surface area contributed by atoms with E-state index >= 15 is 0 Å². The predicted molar refractivity (Wildman–Crippen MR) is 92.5 cm³/mol. The summed E-state index contributed by atoms with van der Waals surface area (Å²) in [5.41, 5.74) is 0.187. The quantitative estimate of drug-likeness (QED) is 0.576. The minimum atomic E-state index is -4.08. The zero-order valence-electron chi connectivity index (χ0n) is 12.9. The molecule has 0 bridgehead atoms. The first-order chi connectivity index (χ1) is 11.2. The van der Waals surface area contributed by atoms with Crippen LogP contribution >= 0.6 is 15.9 Å². The fourth-order valence-electron chi connectivity index (χ4n) is 2.13. The molecule has 0 fully saturated rings. The highest BCUT2D eigenvalue weighted by Gasteiger charge is 2.28. The van der Waals surface area contributed by atoms with Crippen LogP contribution in [0.15, 0.2) is 51.8 Å². The molecule has 9 heteroatoms. The number of nitro benzene ring substituents is 1. The van der Waals surface area contributed by atoms with Crippen molar-refractivity contribution in [2.75, 3.05) is 7.11 Å². The molecule has 0 heterocycles. The van der Waals surface area contributed by atoms with Crippen LogP contribution in [0, 0.1) is 10.1 Å². The standard InChI is InChI=1S/C15H15BrN2O5S/c1-10(11-4-3-5-12(16)8-11)17-24(21,22)15-7-6-13(23-2)9-14(15)18(19)20/h3-10,17H,1-2H3. The monoisotopic (exact) mass is 414 g/mol. The van der Waals surface area contributed by atoms with E-state index in [9.17, 15) is 18.5 Å². The lowest BCUT2D eigenvalue weighted by Gasteiger charge is -2.15. The first kappa shape index (κ1) is 18.4. The van der Waals surface area contributed by atoms with Crippen molar-refractivity contribution in [2.24, 2.45) is 0 Å². The third-order valence-electron chi connectivity index (χ3n) is 3.33. The zero-order valence-corrected chi connectivity index (χ0v) is 15.3. The summed E-state index contributed by atoms with van der Waals surface area (Å²) < 4.78 is 33.3. The van der Waals surface area contributed by atoms with Crippen LogP contribution in [0.25, 0.3) is 0 Å². The Balaban J connectivity index is 2.38. The lowest BCUT2D eigenvalue weighted by molar-refractivity contribution is -0.387. The SMILES string of the molecule is COc1ccc(S(=O)(=O)NC(C)c2cccc(Br)c2)c([N+](=O)[O-])c1. The van der Waals surface area contributed by atoms with Crippen LogP contribution < -0.4 is 9.46 Å². The fraction of sp³-hybridized carbons (Fsp3) is 0.200. The molecule has 1 N–H and O–H groups in total. The first-order valence-electron chi connectivity index (χ1n) is 6.85. The molecule has 0 aliphatic carbocycles. The van der Waals surface area contributed by atoms with E-state index in [0.717, 1.165) is 22.2 Å². The van der Waals surface area contributed by atoms with E-state index in [0.29, 0.717) is 0 Å². The number of rotatable bonds is 6. The van der Waals surface area contributed by atoms with Gasteiger partial charge in [0.05, 0.1) is 18.1 Å². The van der Waals surface area contributed by atoms with Crippen LogP contribution in [-0.2, 0) is 10.0 Å². The molecule has 0 aliphatic rings. The van der Waals surface area contributed by atoms with Crippen molar-refractivity contribution in [3.8, 4) is 5.75 Å². The largest absolute Gasteiger partial charge is 0.497 e. The third-order valence-corrected chi connectivity index (χ3v) is 5.41. The third kappa shape index (κ3) is 4.11. The van der Waals surface area contributed by atoms with Crippen molar-refractivity contribution in [3.63, 3.8) is 0 Å². The van der Waals surface area contributed by atoms with Crippen molar-refractivity contribution in [1.82, 2.24) is 4.72 Å². The van der Waals surface area contributed by atoms with Gasteiger partial charge in [-0.3, -0.25) is 10.1 Å². The van der Waals surface area contributed by atoms with Gasteiger partial charge in [-0.15, -0.1) is 0 Å². The highest BCUT2D eigenvalue weighted by atomic mass is 79.9. The summed E-state index contributed by atoms with van der Waals surface area (Å²) in [6, 6.07) is 10.2. The van der Waals surface area contributed by atoms with Gasteiger partial charge in [-0.05, 0) is 36.8 Å². The summed E-state index contributed by atoms with van der Waals surface area (Å²) >= 11 is 3.32. The number of hydrogen-bond donors (Lipinski definition) is 1. The summed E-state index contributed by atoms with van der Waals surface area (Å²) in [6.45, 7) is 1.66. The van der Waals surface area contributed by atoms with Crippen molar-refractivity contribution < 1.29 is 18.1 Å². The molecule has 7 nitrogen and oxygen atoms in total. The van der Waals surface area contributed by atoms with Crippen molar-refractivity contribution in [1.29, 1.82) is 0 Å². The highest BCUT2D eigenvalue weighted by molar-refractivity contribution is 9.10. The van der Waals surface area contributed by atoms with Gasteiger partial charge in [-0.2, -0.15) is 0 Å². The Morgan fingerprint density at radius 1 is 1.25 bits per heavy atom. The van der Waals surface area contributed by atoms with E-state index in [-0.39, 0.29) is 5.75 Å². The number of benzene rings is 2. The number of ether oxygens (including phenoxy) is 1. The van der Waals surface area contributed by atoms with Crippen molar-refractivity contribution in [3.05, 3.63) is 62.6 Å². The van der Waals surface area contributed by atoms with Crippen molar-refractivity contribution >= 4 is 31.6 Å². The van der Waals surface area contributed by atoms with E-state index in [1.165, 1.54) is 13.2 Å². The lowest BCUT2D eigenvalue weighted by atomic mass is 10.1. The minimum Gasteiger partial charge on any atom is -0.497 e. The molecule has 2 aromatic carbocycles. The van der Waals surface area contributed by atoms with E-state index in [1.807, 2.05) is 6.07 Å².